The molecule has 164 valence electrons. The van der Waals surface area contributed by atoms with E-state index in [9.17, 15) is 13.2 Å². The highest BCUT2D eigenvalue weighted by molar-refractivity contribution is 7.17. The number of rotatable bonds is 4. The summed E-state index contributed by atoms with van der Waals surface area (Å²) >= 11 is 7.18. The number of aromatic nitrogens is 2. The largest absolute Gasteiger partial charge is 0.417 e. The summed E-state index contributed by atoms with van der Waals surface area (Å²) in [7, 11) is 2.14. The number of hydrogen-bond acceptors (Lipinski definition) is 5. The molecule has 1 N–H and O–H groups in total. The Balaban J connectivity index is 1.56. The van der Waals surface area contributed by atoms with Crippen LogP contribution in [0.3, 0.4) is 0 Å². The van der Waals surface area contributed by atoms with E-state index in [4.69, 9.17) is 11.6 Å². The third-order valence-corrected chi connectivity index (χ3v) is 6.69. The second-order valence-corrected chi connectivity index (χ2v) is 9.30. The van der Waals surface area contributed by atoms with Crippen molar-refractivity contribution in [2.75, 3.05) is 25.5 Å². The molecule has 0 spiro atoms. The minimum absolute atomic E-state index is 0.345. The quantitative estimate of drug-likeness (QED) is 0.485. The molecule has 0 saturated carbocycles. The topological polar surface area (TPSA) is 41.0 Å². The zero-order valence-corrected chi connectivity index (χ0v) is 18.7. The summed E-state index contributed by atoms with van der Waals surface area (Å²) in [5.74, 6) is 0. The van der Waals surface area contributed by atoms with E-state index in [2.05, 4.69) is 39.6 Å². The predicted molar refractivity (Wildman–Crippen MR) is 120 cm³/mol. The number of benzene rings is 2. The fourth-order valence-corrected chi connectivity index (χ4v) is 4.83. The van der Waals surface area contributed by atoms with E-state index in [1.807, 2.05) is 13.0 Å². The number of nitrogens with zero attached hydrogens (tertiary/aromatic N) is 3. The van der Waals surface area contributed by atoms with Crippen LogP contribution in [-0.2, 0) is 6.18 Å². The molecule has 9 heteroatoms. The molecule has 2 aromatic carbocycles. The Morgan fingerprint density at radius 3 is 2.35 bits per heavy atom. The van der Waals surface area contributed by atoms with Gasteiger partial charge < -0.3 is 10.2 Å². The number of piperidine rings is 1. The average molecular weight is 467 g/mol. The number of aryl methyl sites for hydroxylation is 1. The number of nitrogens with one attached hydrogen (secondary N) is 1. The maximum absolute atomic E-state index is 13.0. The Morgan fingerprint density at radius 1 is 1.03 bits per heavy atom. The highest BCUT2D eigenvalue weighted by atomic mass is 35.5. The molecule has 2 heterocycles. The van der Waals surface area contributed by atoms with E-state index < -0.39 is 11.7 Å². The maximum Gasteiger partial charge on any atom is 0.417 e. The van der Waals surface area contributed by atoms with Crippen LogP contribution in [0.5, 0.6) is 0 Å². The van der Waals surface area contributed by atoms with Gasteiger partial charge in [0.2, 0.25) is 0 Å². The van der Waals surface area contributed by atoms with Gasteiger partial charge >= 0.3 is 6.18 Å². The first-order valence-electron chi connectivity index (χ1n) is 9.97. The second kappa shape index (κ2) is 8.76. The van der Waals surface area contributed by atoms with Crippen molar-refractivity contribution >= 4 is 28.6 Å². The van der Waals surface area contributed by atoms with Gasteiger partial charge in [0.05, 0.1) is 10.6 Å². The third kappa shape index (κ3) is 5.19. The number of alkyl halides is 3. The lowest BCUT2D eigenvalue weighted by Crippen LogP contribution is -2.36. The molecule has 0 atom stereocenters. The van der Waals surface area contributed by atoms with Crippen molar-refractivity contribution in [3.05, 3.63) is 52.5 Å². The predicted octanol–water partition coefficient (Wildman–Crippen LogP) is 6.36. The third-order valence-electron chi connectivity index (χ3n) is 5.36. The Morgan fingerprint density at radius 2 is 1.71 bits per heavy atom. The summed E-state index contributed by atoms with van der Waals surface area (Å²) in [5, 5.41) is 13.0. The molecule has 31 heavy (non-hydrogen) atoms. The Bertz CT molecular complexity index is 1070. The fourth-order valence-electron chi connectivity index (χ4n) is 3.71. The molecule has 1 aromatic heterocycles. The molecule has 0 bridgehead atoms. The number of likely N-dealkylation sites (tertiary alicyclic amines) is 1. The summed E-state index contributed by atoms with van der Waals surface area (Å²) in [4.78, 5) is 2.33. The number of hydrogen-bond donors (Lipinski definition) is 1. The molecular weight excluding hydrogens is 445 g/mol. The van der Waals surface area contributed by atoms with Crippen LogP contribution in [0, 0.1) is 6.92 Å². The van der Waals surface area contributed by atoms with Gasteiger partial charge in [-0.05, 0) is 75.8 Å². The smallest absolute Gasteiger partial charge is 0.382 e. The van der Waals surface area contributed by atoms with Crippen molar-refractivity contribution in [1.29, 1.82) is 0 Å². The van der Waals surface area contributed by atoms with Crippen LogP contribution in [0.2, 0.25) is 5.02 Å². The Labute approximate surface area is 188 Å². The summed E-state index contributed by atoms with van der Waals surface area (Å²) in [6, 6.07) is 10.3. The summed E-state index contributed by atoms with van der Waals surface area (Å²) in [6.45, 7) is 4.18. The molecule has 1 saturated heterocycles. The summed E-state index contributed by atoms with van der Waals surface area (Å²) in [6.07, 6.45) is -2.30. The van der Waals surface area contributed by atoms with Gasteiger partial charge in [-0.25, -0.2) is 0 Å². The van der Waals surface area contributed by atoms with Crippen molar-refractivity contribution in [2.45, 2.75) is 32.0 Å². The van der Waals surface area contributed by atoms with E-state index in [0.29, 0.717) is 21.6 Å². The van der Waals surface area contributed by atoms with Gasteiger partial charge in [0.1, 0.15) is 10.0 Å². The van der Waals surface area contributed by atoms with Crippen LogP contribution in [0.15, 0.2) is 36.4 Å². The lowest BCUT2D eigenvalue weighted by molar-refractivity contribution is -0.137. The van der Waals surface area contributed by atoms with Crippen LogP contribution < -0.4 is 5.32 Å². The Hall–Kier alpha value is -2.16. The van der Waals surface area contributed by atoms with E-state index in [1.54, 1.807) is 0 Å². The van der Waals surface area contributed by atoms with E-state index in [-0.39, 0.29) is 5.02 Å². The monoisotopic (exact) mass is 466 g/mol. The normalized spacial score (nSPS) is 15.9. The lowest BCUT2D eigenvalue weighted by atomic mass is 10.0. The molecule has 0 aliphatic carbocycles. The first-order valence-corrected chi connectivity index (χ1v) is 11.2. The molecular formula is C22H22ClF3N4S. The molecule has 4 nitrogen and oxygen atoms in total. The average Bonchev–Trinajstić information content (AvgIpc) is 3.19. The van der Waals surface area contributed by atoms with Crippen molar-refractivity contribution in [3.8, 4) is 21.1 Å². The second-order valence-electron chi connectivity index (χ2n) is 7.91. The van der Waals surface area contributed by atoms with Gasteiger partial charge in [-0.3, -0.25) is 0 Å². The maximum atomic E-state index is 13.0. The molecule has 0 unspecified atom stereocenters. The summed E-state index contributed by atoms with van der Waals surface area (Å²) < 4.78 is 38.9. The van der Waals surface area contributed by atoms with Gasteiger partial charge in [0, 0.05) is 22.9 Å². The van der Waals surface area contributed by atoms with Gasteiger partial charge in [-0.15, -0.1) is 10.2 Å². The van der Waals surface area contributed by atoms with Crippen LogP contribution in [0.4, 0.5) is 18.9 Å². The van der Waals surface area contributed by atoms with Crippen LogP contribution >= 0.6 is 22.9 Å². The molecule has 0 radical (unpaired) electrons. The molecule has 0 amide bonds. The van der Waals surface area contributed by atoms with Gasteiger partial charge in [-0.2, -0.15) is 13.2 Å². The minimum atomic E-state index is -4.49. The van der Waals surface area contributed by atoms with Crippen molar-refractivity contribution in [3.63, 3.8) is 0 Å². The zero-order chi connectivity index (χ0) is 22.2. The van der Waals surface area contributed by atoms with Crippen molar-refractivity contribution in [2.24, 2.45) is 0 Å². The molecule has 3 aromatic rings. The van der Waals surface area contributed by atoms with E-state index in [1.165, 1.54) is 23.5 Å². The molecule has 1 aliphatic heterocycles. The first-order chi connectivity index (χ1) is 14.7. The standard InChI is InChI=1S/C22H22ClF3N4S/c1-13-9-15(11-17(10-13)27-16-5-7-30(2)8-6-16)21-29-28-20(31-21)14-3-4-18(19(23)12-14)22(24,25)26/h3-4,9-12,16,27H,5-8H2,1-2H3. The van der Waals surface area contributed by atoms with Gasteiger partial charge in [0.15, 0.2) is 0 Å². The van der Waals surface area contributed by atoms with E-state index in [0.717, 1.165) is 48.8 Å². The summed E-state index contributed by atoms with van der Waals surface area (Å²) in [5.41, 5.74) is 2.73. The fraction of sp³-hybridized carbons (Fsp3) is 0.364. The highest BCUT2D eigenvalue weighted by Gasteiger charge is 2.33. The highest BCUT2D eigenvalue weighted by Crippen LogP contribution is 2.38. The van der Waals surface area contributed by atoms with E-state index >= 15 is 0 Å². The number of anilines is 1. The molecule has 1 fully saturated rings. The SMILES string of the molecule is Cc1cc(NC2CCN(C)CC2)cc(-c2nnc(-c3ccc(C(F)(F)F)c(Cl)c3)s2)c1. The molecule has 4 rings (SSSR count). The van der Waals surface area contributed by atoms with Crippen LogP contribution in [0.25, 0.3) is 21.1 Å². The van der Waals surface area contributed by atoms with Crippen molar-refractivity contribution < 1.29 is 13.2 Å². The Kier molecular flexibility index (Phi) is 6.23. The van der Waals surface area contributed by atoms with Crippen LogP contribution in [0.1, 0.15) is 24.0 Å². The first kappa shape index (κ1) is 22.0. The van der Waals surface area contributed by atoms with Gasteiger partial charge in [-0.1, -0.05) is 29.0 Å². The van der Waals surface area contributed by atoms with Gasteiger partial charge in [0.25, 0.3) is 0 Å². The molecule has 1 aliphatic rings. The van der Waals surface area contributed by atoms with Crippen LogP contribution in [-0.4, -0.2) is 41.3 Å². The minimum Gasteiger partial charge on any atom is -0.382 e. The lowest BCUT2D eigenvalue weighted by Gasteiger charge is -2.30. The number of halogens is 4. The zero-order valence-electron chi connectivity index (χ0n) is 17.1. The van der Waals surface area contributed by atoms with Crippen molar-refractivity contribution in [1.82, 2.24) is 15.1 Å².